The molecule has 0 saturated carbocycles. The standard InChI is InChI=1S/C15H16FN3O2S/c1-2-22(20,21)19-8-7-14-12(10-19)9-17-15(18-14)11-3-5-13(16)6-4-11/h3-6,9H,2,7-8,10H2,1H3. The fourth-order valence-electron chi connectivity index (χ4n) is 2.45. The topological polar surface area (TPSA) is 63.2 Å². The van der Waals surface area contributed by atoms with E-state index in [4.69, 9.17) is 0 Å². The van der Waals surface area contributed by atoms with E-state index < -0.39 is 10.0 Å². The van der Waals surface area contributed by atoms with E-state index in [1.807, 2.05) is 0 Å². The lowest BCUT2D eigenvalue weighted by Crippen LogP contribution is -2.37. The van der Waals surface area contributed by atoms with Crippen molar-refractivity contribution in [3.63, 3.8) is 0 Å². The van der Waals surface area contributed by atoms with Gasteiger partial charge in [0, 0.05) is 36.8 Å². The minimum absolute atomic E-state index is 0.0941. The highest BCUT2D eigenvalue weighted by Crippen LogP contribution is 2.22. The Labute approximate surface area is 128 Å². The molecule has 0 unspecified atom stereocenters. The lowest BCUT2D eigenvalue weighted by atomic mass is 10.1. The van der Waals surface area contributed by atoms with Gasteiger partial charge in [-0.15, -0.1) is 0 Å². The first-order valence-corrected chi connectivity index (χ1v) is 8.69. The fourth-order valence-corrected chi connectivity index (χ4v) is 3.52. The molecule has 2 aromatic rings. The predicted octanol–water partition coefficient (Wildman–Crippen LogP) is 1.99. The molecule has 0 aliphatic carbocycles. The van der Waals surface area contributed by atoms with E-state index in [2.05, 4.69) is 9.97 Å². The maximum atomic E-state index is 13.0. The van der Waals surface area contributed by atoms with Crippen LogP contribution in [0, 0.1) is 5.82 Å². The van der Waals surface area contributed by atoms with E-state index in [1.165, 1.54) is 16.4 Å². The van der Waals surface area contributed by atoms with Gasteiger partial charge in [-0.25, -0.2) is 22.8 Å². The Hall–Kier alpha value is -1.86. The van der Waals surface area contributed by atoms with Gasteiger partial charge in [0.05, 0.1) is 11.4 Å². The average molecular weight is 321 g/mol. The van der Waals surface area contributed by atoms with E-state index in [0.717, 1.165) is 16.8 Å². The summed E-state index contributed by atoms with van der Waals surface area (Å²) >= 11 is 0. The van der Waals surface area contributed by atoms with Crippen LogP contribution in [0.5, 0.6) is 0 Å². The number of fused-ring (bicyclic) bond motifs is 1. The summed E-state index contributed by atoms with van der Waals surface area (Å²) in [7, 11) is -3.19. The first kappa shape index (κ1) is 15.1. The zero-order chi connectivity index (χ0) is 15.7. The van der Waals surface area contributed by atoms with E-state index in [0.29, 0.717) is 25.3 Å². The zero-order valence-corrected chi connectivity index (χ0v) is 13.0. The van der Waals surface area contributed by atoms with Crippen LogP contribution in [0.3, 0.4) is 0 Å². The van der Waals surface area contributed by atoms with Gasteiger partial charge in [-0.05, 0) is 31.2 Å². The number of hydrogen-bond acceptors (Lipinski definition) is 4. The van der Waals surface area contributed by atoms with Crippen LogP contribution in [-0.4, -0.2) is 35.0 Å². The van der Waals surface area contributed by atoms with Crippen LogP contribution < -0.4 is 0 Å². The Morgan fingerprint density at radius 2 is 2.00 bits per heavy atom. The number of sulfonamides is 1. The van der Waals surface area contributed by atoms with E-state index in [1.54, 1.807) is 25.3 Å². The molecular weight excluding hydrogens is 305 g/mol. The smallest absolute Gasteiger partial charge is 0.214 e. The van der Waals surface area contributed by atoms with Crippen molar-refractivity contribution >= 4 is 10.0 Å². The van der Waals surface area contributed by atoms with Gasteiger partial charge in [0.25, 0.3) is 0 Å². The second-order valence-electron chi connectivity index (χ2n) is 5.16. The average Bonchev–Trinajstić information content (AvgIpc) is 2.54. The van der Waals surface area contributed by atoms with Gasteiger partial charge in [0.15, 0.2) is 5.82 Å². The molecule has 5 nitrogen and oxygen atoms in total. The lowest BCUT2D eigenvalue weighted by molar-refractivity contribution is 0.388. The molecule has 2 heterocycles. The van der Waals surface area contributed by atoms with Crippen LogP contribution in [0.25, 0.3) is 11.4 Å². The molecule has 7 heteroatoms. The molecule has 1 aromatic heterocycles. The van der Waals surface area contributed by atoms with E-state index in [-0.39, 0.29) is 11.6 Å². The summed E-state index contributed by atoms with van der Waals surface area (Å²) < 4.78 is 38.3. The SMILES string of the molecule is CCS(=O)(=O)N1CCc2nc(-c3ccc(F)cc3)ncc2C1. The summed E-state index contributed by atoms with van der Waals surface area (Å²) in [6.07, 6.45) is 2.23. The Bertz CT molecular complexity index is 791. The molecular formula is C15H16FN3O2S. The second kappa shape index (κ2) is 5.73. The van der Waals surface area contributed by atoms with Gasteiger partial charge in [-0.3, -0.25) is 0 Å². The van der Waals surface area contributed by atoms with Crippen LogP contribution in [0.15, 0.2) is 30.5 Å². The summed E-state index contributed by atoms with van der Waals surface area (Å²) in [6, 6.07) is 6.00. The summed E-state index contributed by atoms with van der Waals surface area (Å²) in [5.74, 6) is 0.323. The predicted molar refractivity (Wildman–Crippen MR) is 81.0 cm³/mol. The molecule has 116 valence electrons. The van der Waals surface area contributed by atoms with Crippen molar-refractivity contribution in [3.05, 3.63) is 47.5 Å². The molecule has 0 bridgehead atoms. The van der Waals surface area contributed by atoms with Crippen LogP contribution >= 0.6 is 0 Å². The molecule has 3 rings (SSSR count). The van der Waals surface area contributed by atoms with Crippen molar-refractivity contribution in [1.29, 1.82) is 0 Å². The van der Waals surface area contributed by atoms with Crippen LogP contribution in [0.4, 0.5) is 4.39 Å². The Balaban J connectivity index is 1.89. The third-order valence-corrected chi connectivity index (χ3v) is 5.59. The number of aromatic nitrogens is 2. The van der Waals surface area contributed by atoms with Crippen molar-refractivity contribution in [2.24, 2.45) is 0 Å². The Morgan fingerprint density at radius 3 is 2.68 bits per heavy atom. The number of benzene rings is 1. The normalized spacial score (nSPS) is 15.5. The van der Waals surface area contributed by atoms with Crippen molar-refractivity contribution < 1.29 is 12.8 Å². The van der Waals surface area contributed by atoms with Gasteiger partial charge in [-0.1, -0.05) is 0 Å². The number of hydrogen-bond donors (Lipinski definition) is 0. The van der Waals surface area contributed by atoms with Gasteiger partial charge < -0.3 is 0 Å². The Kier molecular flexibility index (Phi) is 3.92. The largest absolute Gasteiger partial charge is 0.236 e. The Morgan fingerprint density at radius 1 is 1.27 bits per heavy atom. The molecule has 1 aliphatic heterocycles. The first-order valence-electron chi connectivity index (χ1n) is 7.08. The summed E-state index contributed by atoms with van der Waals surface area (Å²) in [5.41, 5.74) is 2.43. The molecule has 0 fully saturated rings. The third-order valence-electron chi connectivity index (χ3n) is 3.76. The molecule has 0 N–H and O–H groups in total. The molecule has 0 radical (unpaired) electrons. The van der Waals surface area contributed by atoms with Crippen molar-refractivity contribution in [1.82, 2.24) is 14.3 Å². The molecule has 0 spiro atoms. The van der Waals surface area contributed by atoms with Crippen molar-refractivity contribution in [2.45, 2.75) is 19.9 Å². The van der Waals surface area contributed by atoms with Gasteiger partial charge in [0.1, 0.15) is 5.82 Å². The van der Waals surface area contributed by atoms with Crippen molar-refractivity contribution in [2.75, 3.05) is 12.3 Å². The van der Waals surface area contributed by atoms with Crippen LogP contribution in [-0.2, 0) is 23.0 Å². The maximum Gasteiger partial charge on any atom is 0.214 e. The van der Waals surface area contributed by atoms with Gasteiger partial charge in [0.2, 0.25) is 10.0 Å². The first-order chi connectivity index (χ1) is 10.5. The number of nitrogens with zero attached hydrogens (tertiary/aromatic N) is 3. The van der Waals surface area contributed by atoms with Crippen molar-refractivity contribution in [3.8, 4) is 11.4 Å². The van der Waals surface area contributed by atoms with Gasteiger partial charge in [-0.2, -0.15) is 4.31 Å². The number of rotatable bonds is 3. The number of halogens is 1. The third kappa shape index (κ3) is 2.86. The molecule has 0 amide bonds. The second-order valence-corrected chi connectivity index (χ2v) is 7.41. The lowest BCUT2D eigenvalue weighted by Gasteiger charge is -2.26. The van der Waals surface area contributed by atoms with E-state index in [9.17, 15) is 12.8 Å². The minimum atomic E-state index is -3.19. The molecule has 1 aromatic carbocycles. The summed E-state index contributed by atoms with van der Waals surface area (Å²) in [5, 5.41) is 0. The monoisotopic (exact) mass is 321 g/mol. The summed E-state index contributed by atoms with van der Waals surface area (Å²) in [6.45, 7) is 2.39. The highest BCUT2D eigenvalue weighted by atomic mass is 32.2. The minimum Gasteiger partial charge on any atom is -0.236 e. The molecule has 22 heavy (non-hydrogen) atoms. The maximum absolute atomic E-state index is 13.0. The zero-order valence-electron chi connectivity index (χ0n) is 12.2. The quantitative estimate of drug-likeness (QED) is 0.867. The van der Waals surface area contributed by atoms with E-state index >= 15 is 0 Å². The summed E-state index contributed by atoms with van der Waals surface area (Å²) in [4.78, 5) is 8.78. The van der Waals surface area contributed by atoms with Gasteiger partial charge >= 0.3 is 0 Å². The molecule has 1 aliphatic rings. The van der Waals surface area contributed by atoms with Crippen LogP contribution in [0.2, 0.25) is 0 Å². The highest BCUT2D eigenvalue weighted by Gasteiger charge is 2.26. The molecule has 0 saturated heterocycles. The molecule has 0 atom stereocenters. The van der Waals surface area contributed by atoms with Crippen LogP contribution in [0.1, 0.15) is 18.2 Å². The fraction of sp³-hybridized carbons (Fsp3) is 0.333. The highest BCUT2D eigenvalue weighted by molar-refractivity contribution is 7.89.